The predicted octanol–water partition coefficient (Wildman–Crippen LogP) is 4.84. The lowest BCUT2D eigenvalue weighted by Gasteiger charge is -2.29. The van der Waals surface area contributed by atoms with Crippen LogP contribution in [0.1, 0.15) is 18.4 Å². The number of methoxy groups -OCH3 is 1. The van der Waals surface area contributed by atoms with Crippen molar-refractivity contribution in [3.05, 3.63) is 60.2 Å². The van der Waals surface area contributed by atoms with Crippen LogP contribution in [-0.2, 0) is 11.3 Å². The van der Waals surface area contributed by atoms with Crippen molar-refractivity contribution in [3.63, 3.8) is 0 Å². The molecule has 2 fully saturated rings. The number of hydrogen-bond acceptors (Lipinski definition) is 8. The first-order chi connectivity index (χ1) is 17.2. The first-order valence-corrected chi connectivity index (χ1v) is 12.8. The number of nitrogens with zero attached hydrogens (tertiary/aromatic N) is 4. The molecule has 0 unspecified atom stereocenters. The largest absolute Gasteiger partial charge is 0.480 e. The molecule has 0 saturated carbocycles. The van der Waals surface area contributed by atoms with Gasteiger partial charge in [-0.15, -0.1) is 0 Å². The Morgan fingerprint density at radius 2 is 1.89 bits per heavy atom. The number of rotatable bonds is 8. The summed E-state index contributed by atoms with van der Waals surface area (Å²) in [5.74, 6) is 0.302. The zero-order valence-corrected chi connectivity index (χ0v) is 20.7. The van der Waals surface area contributed by atoms with E-state index in [0.717, 1.165) is 54.6 Å². The van der Waals surface area contributed by atoms with E-state index in [1.807, 2.05) is 30.5 Å². The predicted molar refractivity (Wildman–Crippen MR) is 137 cm³/mol. The fourth-order valence-electron chi connectivity index (χ4n) is 4.46. The average molecular weight is 496 g/mol. The van der Waals surface area contributed by atoms with Crippen LogP contribution in [0.25, 0.3) is 11.3 Å². The summed E-state index contributed by atoms with van der Waals surface area (Å²) in [6.07, 6.45) is 5.97. The maximum absolute atomic E-state index is 15.0. The highest BCUT2D eigenvalue weighted by atomic mass is 32.2. The van der Waals surface area contributed by atoms with Crippen LogP contribution in [0.15, 0.2) is 53.7 Å². The maximum atomic E-state index is 15.0. The third kappa shape index (κ3) is 5.86. The molecular weight excluding hydrogens is 465 g/mol. The molecule has 0 atom stereocenters. The summed E-state index contributed by atoms with van der Waals surface area (Å²) in [5.41, 5.74) is 3.94. The molecule has 0 aliphatic carbocycles. The van der Waals surface area contributed by atoms with Gasteiger partial charge in [-0.3, -0.25) is 9.88 Å². The molecule has 4 heterocycles. The highest BCUT2D eigenvalue weighted by Crippen LogP contribution is 2.33. The van der Waals surface area contributed by atoms with E-state index in [1.165, 1.54) is 24.8 Å². The summed E-state index contributed by atoms with van der Waals surface area (Å²) in [6, 6.07) is 11.3. The Hall–Kier alpha value is -2.88. The monoisotopic (exact) mass is 495 g/mol. The second kappa shape index (κ2) is 11.2. The number of ether oxygens (including phenoxy) is 2. The van der Waals surface area contributed by atoms with Gasteiger partial charge in [0.25, 0.3) is 0 Å². The number of anilines is 2. The van der Waals surface area contributed by atoms with Gasteiger partial charge in [-0.25, -0.2) is 9.37 Å². The van der Waals surface area contributed by atoms with Crippen LogP contribution >= 0.6 is 11.9 Å². The molecule has 0 bridgehead atoms. The van der Waals surface area contributed by atoms with Crippen LogP contribution in [0.4, 0.5) is 15.8 Å². The van der Waals surface area contributed by atoms with E-state index in [1.54, 1.807) is 19.4 Å². The quantitative estimate of drug-likeness (QED) is 0.446. The van der Waals surface area contributed by atoms with Crippen molar-refractivity contribution in [3.8, 4) is 17.1 Å². The SMILES string of the molecule is COc1ncc(N2CCOCC2)cc1SNc1ccnc(-c2ccc(CN3CCCC3)cc2F)c1. The molecule has 184 valence electrons. The van der Waals surface area contributed by atoms with Crippen LogP contribution < -0.4 is 14.4 Å². The fraction of sp³-hybridized carbons (Fsp3) is 0.385. The highest BCUT2D eigenvalue weighted by molar-refractivity contribution is 8.00. The van der Waals surface area contributed by atoms with Gasteiger partial charge in [-0.2, -0.15) is 0 Å². The van der Waals surface area contributed by atoms with E-state index in [-0.39, 0.29) is 5.82 Å². The molecule has 0 radical (unpaired) electrons. The molecule has 9 heteroatoms. The van der Waals surface area contributed by atoms with Gasteiger partial charge in [-0.1, -0.05) is 6.07 Å². The van der Waals surface area contributed by atoms with E-state index >= 15 is 0 Å². The van der Waals surface area contributed by atoms with Crippen molar-refractivity contribution in [2.24, 2.45) is 0 Å². The molecule has 1 N–H and O–H groups in total. The zero-order chi connectivity index (χ0) is 24.0. The van der Waals surface area contributed by atoms with E-state index < -0.39 is 0 Å². The second-order valence-electron chi connectivity index (χ2n) is 8.73. The van der Waals surface area contributed by atoms with Gasteiger partial charge in [0.15, 0.2) is 0 Å². The third-order valence-corrected chi connectivity index (χ3v) is 7.18. The molecule has 5 rings (SSSR count). The molecule has 0 amide bonds. The normalized spacial score (nSPS) is 16.5. The Kier molecular flexibility index (Phi) is 7.66. The number of halogens is 1. The van der Waals surface area contributed by atoms with Gasteiger partial charge in [0.2, 0.25) is 5.88 Å². The number of morpholine rings is 1. The standard InChI is InChI=1S/C26H30FN5O2S/c1-33-26-25(16-21(17-29-26)32-10-12-34-13-11-32)35-30-20-6-7-28-24(15-20)22-5-4-19(14-23(22)27)18-31-8-2-3-9-31/h4-7,14-17H,2-3,8-13,18H2,1H3,(H,28,30). The number of pyridine rings is 2. The summed E-state index contributed by atoms with van der Waals surface area (Å²) in [5, 5.41) is 0. The molecule has 1 aromatic carbocycles. The van der Waals surface area contributed by atoms with Crippen molar-refractivity contribution in [1.82, 2.24) is 14.9 Å². The summed E-state index contributed by atoms with van der Waals surface area (Å²) >= 11 is 1.41. The minimum absolute atomic E-state index is 0.247. The van der Waals surface area contributed by atoms with E-state index in [4.69, 9.17) is 9.47 Å². The van der Waals surface area contributed by atoms with Crippen molar-refractivity contribution in [1.29, 1.82) is 0 Å². The Morgan fingerprint density at radius 3 is 2.66 bits per heavy atom. The van der Waals surface area contributed by atoms with Gasteiger partial charge in [0.05, 0.1) is 42.8 Å². The highest BCUT2D eigenvalue weighted by Gasteiger charge is 2.16. The third-order valence-electron chi connectivity index (χ3n) is 6.33. The lowest BCUT2D eigenvalue weighted by atomic mass is 10.1. The van der Waals surface area contributed by atoms with Crippen molar-refractivity contribution in [2.75, 3.05) is 56.1 Å². The average Bonchev–Trinajstić information content (AvgIpc) is 3.41. The summed E-state index contributed by atoms with van der Waals surface area (Å²) in [6.45, 7) is 6.06. The minimum Gasteiger partial charge on any atom is -0.480 e. The molecule has 2 saturated heterocycles. The van der Waals surface area contributed by atoms with Gasteiger partial charge < -0.3 is 19.1 Å². The number of likely N-dealkylation sites (tertiary alicyclic amines) is 1. The lowest BCUT2D eigenvalue weighted by molar-refractivity contribution is 0.122. The second-order valence-corrected chi connectivity index (χ2v) is 9.58. The first-order valence-electron chi connectivity index (χ1n) is 12.0. The van der Waals surface area contributed by atoms with Crippen molar-refractivity contribution in [2.45, 2.75) is 24.3 Å². The van der Waals surface area contributed by atoms with Gasteiger partial charge in [0, 0.05) is 37.1 Å². The molecule has 2 aliphatic heterocycles. The molecule has 3 aromatic rings. The summed E-state index contributed by atoms with van der Waals surface area (Å²) < 4.78 is 29.2. The Morgan fingerprint density at radius 1 is 1.06 bits per heavy atom. The van der Waals surface area contributed by atoms with Gasteiger partial charge >= 0.3 is 0 Å². The molecule has 35 heavy (non-hydrogen) atoms. The van der Waals surface area contributed by atoms with Gasteiger partial charge in [0.1, 0.15) is 5.82 Å². The van der Waals surface area contributed by atoms with Gasteiger partial charge in [-0.05, 0) is 73.8 Å². The van der Waals surface area contributed by atoms with Crippen molar-refractivity contribution >= 4 is 23.3 Å². The Labute approximate surface area is 209 Å². The minimum atomic E-state index is -0.247. The first kappa shape index (κ1) is 23.8. The van der Waals surface area contributed by atoms with E-state index in [0.29, 0.717) is 30.4 Å². The van der Waals surface area contributed by atoms with E-state index in [9.17, 15) is 4.39 Å². The zero-order valence-electron chi connectivity index (χ0n) is 19.9. The Balaban J connectivity index is 1.29. The van der Waals surface area contributed by atoms with Crippen LogP contribution in [-0.4, -0.2) is 61.4 Å². The molecule has 7 nitrogen and oxygen atoms in total. The number of nitrogens with one attached hydrogen (secondary N) is 1. The molecular formula is C26H30FN5O2S. The number of benzene rings is 1. The Bertz CT molecular complexity index is 1150. The number of aromatic nitrogens is 2. The summed E-state index contributed by atoms with van der Waals surface area (Å²) in [7, 11) is 1.61. The molecule has 2 aromatic heterocycles. The fourth-order valence-corrected chi connectivity index (χ4v) is 5.22. The van der Waals surface area contributed by atoms with Crippen LogP contribution in [0.5, 0.6) is 5.88 Å². The van der Waals surface area contributed by atoms with E-state index in [2.05, 4.69) is 30.6 Å². The topological polar surface area (TPSA) is 62.8 Å². The smallest absolute Gasteiger partial charge is 0.229 e. The lowest BCUT2D eigenvalue weighted by Crippen LogP contribution is -2.36. The number of hydrogen-bond donors (Lipinski definition) is 1. The summed E-state index contributed by atoms with van der Waals surface area (Å²) in [4.78, 5) is 14.4. The van der Waals surface area contributed by atoms with Crippen LogP contribution in [0.3, 0.4) is 0 Å². The molecule has 2 aliphatic rings. The maximum Gasteiger partial charge on any atom is 0.229 e. The van der Waals surface area contributed by atoms with Crippen LogP contribution in [0, 0.1) is 5.82 Å². The molecule has 0 spiro atoms. The van der Waals surface area contributed by atoms with Crippen LogP contribution in [0.2, 0.25) is 0 Å². The van der Waals surface area contributed by atoms with Crippen molar-refractivity contribution < 1.29 is 13.9 Å².